The molecule has 1 heterocycles. The molecule has 0 aromatic heterocycles. The minimum Gasteiger partial charge on any atom is -0.461 e. The number of rotatable bonds is 7. The Morgan fingerprint density at radius 3 is 2.59 bits per heavy atom. The van der Waals surface area contributed by atoms with E-state index in [-0.39, 0.29) is 50.8 Å². The zero-order chi connectivity index (χ0) is 24.1. The number of non-ortho nitro benzene ring substituents is 1. The topological polar surface area (TPSA) is 122 Å². The van der Waals surface area contributed by atoms with Gasteiger partial charge in [0.05, 0.1) is 26.6 Å². The van der Waals surface area contributed by atoms with Gasteiger partial charge in [-0.05, 0) is 42.7 Å². The lowest BCUT2D eigenvalue weighted by atomic mass is 9.80. The Morgan fingerprint density at radius 1 is 1.18 bits per heavy atom. The predicted molar refractivity (Wildman–Crippen MR) is 121 cm³/mol. The van der Waals surface area contributed by atoms with E-state index >= 15 is 0 Å². The Bertz CT molecular complexity index is 1200. The zero-order valence-corrected chi connectivity index (χ0v) is 19.7. The van der Waals surface area contributed by atoms with E-state index in [2.05, 4.69) is 15.9 Å². The first kappa shape index (κ1) is 22.8. The van der Waals surface area contributed by atoms with Crippen molar-refractivity contribution in [3.05, 3.63) is 63.2 Å². The van der Waals surface area contributed by atoms with E-state index in [0.717, 1.165) is 6.42 Å². The highest BCUT2D eigenvalue weighted by Gasteiger charge is 2.68. The molecule has 2 bridgehead atoms. The van der Waals surface area contributed by atoms with E-state index in [0.29, 0.717) is 5.75 Å². The molecule has 3 fully saturated rings. The molecule has 2 aromatic carbocycles. The number of fused-ring (bicyclic) bond motifs is 1. The fraction of sp³-hybridized carbons (Fsp3) is 0.348. The first-order chi connectivity index (χ1) is 16.2. The average Bonchev–Trinajstić information content (AvgIpc) is 3.43. The molecule has 9 nitrogen and oxygen atoms in total. The lowest BCUT2D eigenvalue weighted by Gasteiger charge is -2.26. The van der Waals surface area contributed by atoms with Crippen molar-refractivity contribution in [3.63, 3.8) is 0 Å². The summed E-state index contributed by atoms with van der Waals surface area (Å²) < 4.78 is 16.3. The maximum absolute atomic E-state index is 12.7. The molecular formula is C23H17BrClNO8. The van der Waals surface area contributed by atoms with Crippen LogP contribution in [0.4, 0.5) is 5.69 Å². The third kappa shape index (κ3) is 3.84. The molecule has 2 aromatic rings. The number of halogens is 2. The van der Waals surface area contributed by atoms with Crippen molar-refractivity contribution in [2.45, 2.75) is 17.4 Å². The highest BCUT2D eigenvalue weighted by molar-refractivity contribution is 9.09. The van der Waals surface area contributed by atoms with Crippen LogP contribution in [-0.4, -0.2) is 40.2 Å². The monoisotopic (exact) mass is 549 g/mol. The van der Waals surface area contributed by atoms with Crippen LogP contribution in [0, 0.1) is 33.8 Å². The Morgan fingerprint density at radius 2 is 1.91 bits per heavy atom. The summed E-state index contributed by atoms with van der Waals surface area (Å²) in [7, 11) is 0. The molecule has 1 aliphatic heterocycles. The van der Waals surface area contributed by atoms with Crippen molar-refractivity contribution in [2.24, 2.45) is 23.7 Å². The van der Waals surface area contributed by atoms with Crippen LogP contribution in [0.2, 0.25) is 5.02 Å². The van der Waals surface area contributed by atoms with Gasteiger partial charge >= 0.3 is 11.9 Å². The smallest absolute Gasteiger partial charge is 0.310 e. The van der Waals surface area contributed by atoms with Gasteiger partial charge in [0, 0.05) is 23.6 Å². The van der Waals surface area contributed by atoms with Crippen LogP contribution in [0.1, 0.15) is 16.8 Å². The first-order valence-corrected chi connectivity index (χ1v) is 11.8. The van der Waals surface area contributed by atoms with Crippen molar-refractivity contribution < 1.29 is 33.5 Å². The summed E-state index contributed by atoms with van der Waals surface area (Å²) >= 11 is 9.78. The molecule has 1 saturated heterocycles. The molecule has 2 saturated carbocycles. The molecule has 176 valence electrons. The number of hydrogen-bond acceptors (Lipinski definition) is 8. The molecule has 5 rings (SSSR count). The standard InChI is InChI=1S/C23H17BrClNO8/c24-20-13-8-14-19(23(29)34-21(14)20)18(13)22(28)32-9-16(27)10-1-6-17(15(25)7-10)33-12-4-2-11(3-5-12)26(30)31/h1-7,13-14,18-21H,8-9H2/t13-,14-,18-,19+,20+,21+/m1/s1. The van der Waals surface area contributed by atoms with Crippen molar-refractivity contribution in [3.8, 4) is 11.5 Å². The Hall–Kier alpha value is -2.98. The molecule has 6 atom stereocenters. The minimum atomic E-state index is -0.616. The maximum Gasteiger partial charge on any atom is 0.310 e. The fourth-order valence-electron chi connectivity index (χ4n) is 5.13. The molecule has 2 aliphatic carbocycles. The second-order valence-corrected chi connectivity index (χ2v) is 9.95. The molecule has 0 N–H and O–H groups in total. The van der Waals surface area contributed by atoms with Crippen LogP contribution in [0.15, 0.2) is 42.5 Å². The van der Waals surface area contributed by atoms with Crippen LogP contribution in [-0.2, 0) is 19.1 Å². The van der Waals surface area contributed by atoms with Crippen molar-refractivity contribution in [2.75, 3.05) is 6.61 Å². The van der Waals surface area contributed by atoms with Gasteiger partial charge in [0.25, 0.3) is 5.69 Å². The quantitative estimate of drug-likeness (QED) is 0.164. The zero-order valence-electron chi connectivity index (χ0n) is 17.4. The van der Waals surface area contributed by atoms with Crippen LogP contribution >= 0.6 is 27.5 Å². The summed E-state index contributed by atoms with van der Waals surface area (Å²) in [5, 5.41) is 10.9. The minimum absolute atomic E-state index is 0.0113. The third-order valence-electron chi connectivity index (χ3n) is 6.67. The van der Waals surface area contributed by atoms with Crippen LogP contribution in [0.5, 0.6) is 11.5 Å². The summed E-state index contributed by atoms with van der Waals surface area (Å²) in [5.74, 6) is -1.97. The summed E-state index contributed by atoms with van der Waals surface area (Å²) in [5.41, 5.74) is 0.149. The highest BCUT2D eigenvalue weighted by atomic mass is 79.9. The maximum atomic E-state index is 12.7. The van der Waals surface area contributed by atoms with E-state index in [9.17, 15) is 24.5 Å². The lowest BCUT2D eigenvalue weighted by molar-refractivity contribution is -0.384. The van der Waals surface area contributed by atoms with Crippen LogP contribution in [0.25, 0.3) is 0 Å². The SMILES string of the molecule is O=C(COC(=O)[C@@H]1[C@H]2C[C@H]3[C@H](OC(=O)[C@@H]31)[C@H]2Br)c1ccc(Oc2ccc([N+](=O)[O-])cc2)c(Cl)c1. The molecule has 34 heavy (non-hydrogen) atoms. The Labute approximate surface area is 206 Å². The number of alkyl halides is 1. The molecule has 3 aliphatic rings. The predicted octanol–water partition coefficient (Wildman–Crippen LogP) is 4.34. The fourth-order valence-corrected chi connectivity index (χ4v) is 6.39. The molecule has 11 heteroatoms. The lowest BCUT2D eigenvalue weighted by Crippen LogP contribution is -2.39. The van der Waals surface area contributed by atoms with Gasteiger partial charge in [0.2, 0.25) is 0 Å². The largest absolute Gasteiger partial charge is 0.461 e. The van der Waals surface area contributed by atoms with Crippen LogP contribution < -0.4 is 4.74 Å². The van der Waals surface area contributed by atoms with Gasteiger partial charge in [-0.1, -0.05) is 27.5 Å². The number of Topliss-reactive ketones (excluding diaryl/α,β-unsaturated/α-hetero) is 1. The first-order valence-electron chi connectivity index (χ1n) is 10.5. The number of carbonyl (C=O) groups is 3. The number of nitro benzene ring substituents is 1. The van der Waals surface area contributed by atoms with Crippen LogP contribution in [0.3, 0.4) is 0 Å². The average molecular weight is 551 g/mol. The summed E-state index contributed by atoms with van der Waals surface area (Å²) in [4.78, 5) is 47.7. The van der Waals surface area contributed by atoms with E-state index in [1.54, 1.807) is 0 Å². The number of ether oxygens (including phenoxy) is 3. The van der Waals surface area contributed by atoms with E-state index in [1.807, 2.05) is 0 Å². The third-order valence-corrected chi connectivity index (χ3v) is 8.17. The summed E-state index contributed by atoms with van der Waals surface area (Å²) in [6, 6.07) is 9.82. The van der Waals surface area contributed by atoms with Gasteiger partial charge in [-0.3, -0.25) is 24.5 Å². The normalized spacial score (nSPS) is 28.5. The number of hydrogen-bond donors (Lipinski definition) is 0. The highest BCUT2D eigenvalue weighted by Crippen LogP contribution is 2.60. The van der Waals surface area contributed by atoms with E-state index < -0.39 is 35.1 Å². The second kappa shape index (κ2) is 8.66. The number of esters is 2. The van der Waals surface area contributed by atoms with Crippen molar-refractivity contribution in [1.82, 2.24) is 0 Å². The van der Waals surface area contributed by atoms with E-state index in [1.165, 1.54) is 42.5 Å². The van der Waals surface area contributed by atoms with Gasteiger partial charge in [-0.25, -0.2) is 0 Å². The number of ketones is 1. The second-order valence-electron chi connectivity index (χ2n) is 8.49. The van der Waals surface area contributed by atoms with Gasteiger partial charge in [-0.2, -0.15) is 0 Å². The summed E-state index contributed by atoms with van der Waals surface area (Å²) in [6.07, 6.45) is 0.526. The number of nitrogens with zero attached hydrogens (tertiary/aromatic N) is 1. The molecule has 0 amide bonds. The van der Waals surface area contributed by atoms with Gasteiger partial charge in [-0.15, -0.1) is 0 Å². The van der Waals surface area contributed by atoms with Crippen molar-refractivity contribution >= 4 is 50.9 Å². The number of nitro groups is 1. The van der Waals surface area contributed by atoms with Crippen molar-refractivity contribution in [1.29, 1.82) is 0 Å². The summed E-state index contributed by atoms with van der Waals surface area (Å²) in [6.45, 7) is -0.482. The number of benzene rings is 2. The Balaban J connectivity index is 1.21. The Kier molecular flexibility index (Phi) is 5.81. The molecular weight excluding hydrogens is 534 g/mol. The van der Waals surface area contributed by atoms with Gasteiger partial charge in [0.15, 0.2) is 12.4 Å². The molecule has 0 radical (unpaired) electrons. The molecule has 0 unspecified atom stereocenters. The molecule has 0 spiro atoms. The number of carbonyl (C=O) groups excluding carboxylic acids is 3. The van der Waals surface area contributed by atoms with E-state index in [4.69, 9.17) is 25.8 Å². The van der Waals surface area contributed by atoms with Gasteiger partial charge < -0.3 is 14.2 Å². The van der Waals surface area contributed by atoms with Gasteiger partial charge in [0.1, 0.15) is 17.6 Å².